The van der Waals surface area contributed by atoms with E-state index in [0.717, 1.165) is 68.8 Å². The van der Waals surface area contributed by atoms with E-state index in [2.05, 4.69) is 64.1 Å². The molecule has 3 aliphatic rings. The first kappa shape index (κ1) is 29.3. The molecule has 11 heteroatoms. The number of aryl methyl sites for hydroxylation is 1. The van der Waals surface area contributed by atoms with E-state index in [0.29, 0.717) is 17.8 Å². The lowest BCUT2D eigenvalue weighted by molar-refractivity contribution is 0.00623. The molecular weight excluding hydrogens is 688 g/mol. The first-order valence-electron chi connectivity index (χ1n) is 14.1. The van der Waals surface area contributed by atoms with Crippen molar-refractivity contribution in [2.45, 2.75) is 62.1 Å². The van der Waals surface area contributed by atoms with Gasteiger partial charge in [0.2, 0.25) is 0 Å². The third kappa shape index (κ3) is 6.31. The number of rotatable bonds is 9. The Morgan fingerprint density at radius 1 is 1.12 bits per heavy atom. The number of thiophene rings is 1. The van der Waals surface area contributed by atoms with Gasteiger partial charge in [0.15, 0.2) is 5.84 Å². The van der Waals surface area contributed by atoms with Crippen LogP contribution in [0.15, 0.2) is 72.2 Å². The number of hydrazone groups is 1. The molecule has 4 atom stereocenters. The number of halogens is 2. The Balaban J connectivity index is 1.29. The predicted molar refractivity (Wildman–Crippen MR) is 172 cm³/mol. The van der Waals surface area contributed by atoms with E-state index < -0.39 is 10.0 Å². The maximum Gasteiger partial charge on any atom is 0.276 e. The van der Waals surface area contributed by atoms with E-state index >= 15 is 0 Å². The van der Waals surface area contributed by atoms with Crippen LogP contribution in [-0.2, 0) is 14.8 Å². The number of sulfonamides is 1. The van der Waals surface area contributed by atoms with Crippen LogP contribution >= 0.6 is 43.2 Å². The first-order valence-corrected chi connectivity index (χ1v) is 18.0. The summed E-state index contributed by atoms with van der Waals surface area (Å²) < 4.78 is 34.9. The average Bonchev–Trinajstić information content (AvgIpc) is 3.75. The normalized spacial score (nSPS) is 24.4. The van der Waals surface area contributed by atoms with Gasteiger partial charge < -0.3 is 15.0 Å². The van der Waals surface area contributed by atoms with Crippen LogP contribution in [0.4, 0.5) is 0 Å². The molecule has 2 aromatic carbocycles. The second-order valence-corrected chi connectivity index (χ2v) is 16.5. The molecule has 1 aromatic heterocycles. The molecule has 1 aliphatic carbocycles. The smallest absolute Gasteiger partial charge is 0.276 e. The quantitative estimate of drug-likeness (QED) is 0.150. The van der Waals surface area contributed by atoms with Crippen LogP contribution in [0.25, 0.3) is 11.1 Å². The van der Waals surface area contributed by atoms with Gasteiger partial charge in [-0.15, -0.1) is 16.4 Å². The van der Waals surface area contributed by atoms with Crippen molar-refractivity contribution in [2.24, 2.45) is 11.0 Å². The fourth-order valence-electron chi connectivity index (χ4n) is 6.31. The summed E-state index contributed by atoms with van der Waals surface area (Å²) in [7, 11) is -3.86. The molecule has 3 fully saturated rings. The van der Waals surface area contributed by atoms with Gasteiger partial charge in [-0.25, -0.2) is 0 Å². The number of amidine groups is 1. The third-order valence-electron chi connectivity index (χ3n) is 8.42. The molecule has 218 valence electrons. The minimum atomic E-state index is -3.86. The summed E-state index contributed by atoms with van der Waals surface area (Å²) in [5, 5.41) is 8.23. The van der Waals surface area contributed by atoms with Crippen molar-refractivity contribution in [3.63, 3.8) is 0 Å². The maximum atomic E-state index is 13.3. The highest BCUT2D eigenvalue weighted by atomic mass is 79.9. The molecule has 6 rings (SSSR count). The minimum absolute atomic E-state index is 0.188. The van der Waals surface area contributed by atoms with Crippen molar-refractivity contribution in [2.75, 3.05) is 19.7 Å². The van der Waals surface area contributed by atoms with Gasteiger partial charge in [0.1, 0.15) is 0 Å². The molecule has 3 heterocycles. The Bertz CT molecular complexity index is 1510. The molecule has 3 aromatic rings. The van der Waals surface area contributed by atoms with Crippen LogP contribution in [0.1, 0.15) is 43.2 Å². The van der Waals surface area contributed by atoms with Gasteiger partial charge in [-0.05, 0) is 95.1 Å². The number of likely N-dealkylation sites (tertiary alicyclic amines) is 1. The molecule has 1 saturated carbocycles. The van der Waals surface area contributed by atoms with E-state index in [-0.39, 0.29) is 17.0 Å². The van der Waals surface area contributed by atoms with Crippen LogP contribution in [-0.4, -0.2) is 57.0 Å². The number of nitrogens with zero attached hydrogens (tertiary/aromatic N) is 2. The molecule has 41 heavy (non-hydrogen) atoms. The van der Waals surface area contributed by atoms with Crippen LogP contribution in [0, 0.1) is 12.8 Å². The molecule has 7 nitrogen and oxygen atoms in total. The zero-order valence-electron chi connectivity index (χ0n) is 22.9. The second kappa shape index (κ2) is 12.5. The van der Waals surface area contributed by atoms with Gasteiger partial charge in [0.05, 0.1) is 24.1 Å². The van der Waals surface area contributed by atoms with Crippen LogP contribution < -0.4 is 10.1 Å². The lowest BCUT2D eigenvalue weighted by Gasteiger charge is -2.34. The van der Waals surface area contributed by atoms with Crippen molar-refractivity contribution < 1.29 is 13.2 Å². The summed E-state index contributed by atoms with van der Waals surface area (Å²) in [6, 6.07) is 17.8. The van der Waals surface area contributed by atoms with Crippen molar-refractivity contribution >= 4 is 59.1 Å². The molecule has 2 aliphatic heterocycles. The largest absolute Gasteiger partial charge is 0.378 e. The number of hydrogen-bond donors (Lipinski definition) is 2. The Kier molecular flexibility index (Phi) is 8.91. The van der Waals surface area contributed by atoms with Gasteiger partial charge in [-0.1, -0.05) is 48.0 Å². The summed E-state index contributed by atoms with van der Waals surface area (Å²) in [4.78, 5) is 5.04. The zero-order valence-corrected chi connectivity index (χ0v) is 27.7. The van der Waals surface area contributed by atoms with Gasteiger partial charge in [-0.2, -0.15) is 13.2 Å². The van der Waals surface area contributed by atoms with Crippen LogP contribution in [0.5, 0.6) is 0 Å². The molecule has 2 saturated heterocycles. The molecule has 0 spiro atoms. The van der Waals surface area contributed by atoms with Crippen molar-refractivity contribution in [3.05, 3.63) is 73.3 Å². The van der Waals surface area contributed by atoms with Gasteiger partial charge in [0.25, 0.3) is 10.0 Å². The minimum Gasteiger partial charge on any atom is -0.378 e. The Hall–Kier alpha value is -1.76. The zero-order chi connectivity index (χ0) is 28.6. The lowest BCUT2D eigenvalue weighted by atomic mass is 10.0. The SMILES string of the molecule is Cc1ccc(S(=O)(=O)NN=C(c2c(Br)sc(Br)c2-c2ccccc2)N2CC3CC2CC3OCCC2CCCN2)cc1. The number of benzene rings is 2. The van der Waals surface area contributed by atoms with Crippen LogP contribution in [0.2, 0.25) is 0 Å². The Morgan fingerprint density at radius 3 is 2.59 bits per heavy atom. The highest BCUT2D eigenvalue weighted by Crippen LogP contribution is 2.47. The third-order valence-corrected chi connectivity index (χ3v) is 12.2. The van der Waals surface area contributed by atoms with E-state index in [9.17, 15) is 8.42 Å². The highest BCUT2D eigenvalue weighted by molar-refractivity contribution is 9.12. The first-order chi connectivity index (χ1) is 19.8. The predicted octanol–water partition coefficient (Wildman–Crippen LogP) is 6.51. The van der Waals surface area contributed by atoms with E-state index in [4.69, 9.17) is 4.74 Å². The molecule has 2 bridgehead atoms. The number of fused-ring (bicyclic) bond motifs is 2. The standard InChI is InChI=1S/C30H34Br2N4O3S2/c1-19-9-11-24(12-10-19)41(37,38)35-34-30(27-26(28(31)40-29(27)32)20-6-3-2-4-7-20)36-18-21-16-23(36)17-25(21)39-15-13-22-8-5-14-33-22/h2-4,6-7,9-12,21-23,25,33,35H,5,8,13-18H2,1H3. The summed E-state index contributed by atoms with van der Waals surface area (Å²) in [6.45, 7) is 4.60. The van der Waals surface area contributed by atoms with E-state index in [1.807, 2.05) is 25.1 Å². The molecule has 4 unspecified atom stereocenters. The van der Waals surface area contributed by atoms with Gasteiger partial charge in [-0.3, -0.25) is 0 Å². The molecular formula is C30H34Br2N4O3S2. The van der Waals surface area contributed by atoms with E-state index in [1.165, 1.54) is 12.8 Å². The van der Waals surface area contributed by atoms with Crippen molar-refractivity contribution in [1.29, 1.82) is 0 Å². The number of ether oxygens (including phenoxy) is 1. The van der Waals surface area contributed by atoms with Gasteiger partial charge in [0, 0.05) is 36.7 Å². The lowest BCUT2D eigenvalue weighted by Crippen LogP contribution is -2.44. The molecule has 0 amide bonds. The molecule has 2 N–H and O–H groups in total. The maximum absolute atomic E-state index is 13.3. The van der Waals surface area contributed by atoms with Crippen LogP contribution in [0.3, 0.4) is 0 Å². The Morgan fingerprint density at radius 2 is 1.90 bits per heavy atom. The summed E-state index contributed by atoms with van der Waals surface area (Å²) in [5.41, 5.74) is 3.92. The highest BCUT2D eigenvalue weighted by Gasteiger charge is 2.47. The fourth-order valence-corrected chi connectivity index (χ4v) is 10.3. The number of nitrogens with one attached hydrogen (secondary N) is 2. The van der Waals surface area contributed by atoms with Crippen molar-refractivity contribution in [3.8, 4) is 11.1 Å². The summed E-state index contributed by atoms with van der Waals surface area (Å²) >= 11 is 9.14. The van der Waals surface area contributed by atoms with Crippen molar-refractivity contribution in [1.82, 2.24) is 15.0 Å². The fraction of sp³-hybridized carbons (Fsp3) is 0.433. The summed E-state index contributed by atoms with van der Waals surface area (Å²) in [6.07, 6.45) is 5.70. The van der Waals surface area contributed by atoms with Gasteiger partial charge >= 0.3 is 0 Å². The number of piperidine rings is 1. The number of hydrogen-bond acceptors (Lipinski definition) is 6. The summed E-state index contributed by atoms with van der Waals surface area (Å²) in [5.74, 6) is 1.02. The van der Waals surface area contributed by atoms with E-state index in [1.54, 1.807) is 35.6 Å². The Labute approximate surface area is 263 Å². The molecule has 0 radical (unpaired) electrons. The monoisotopic (exact) mass is 720 g/mol. The average molecular weight is 723 g/mol. The second-order valence-electron chi connectivity index (χ2n) is 11.1. The topological polar surface area (TPSA) is 83.0 Å².